The van der Waals surface area contributed by atoms with Crippen LogP contribution in [0, 0.1) is 0 Å². The van der Waals surface area contributed by atoms with Crippen LogP contribution in [0.4, 0.5) is 0 Å². The van der Waals surface area contributed by atoms with E-state index in [-0.39, 0.29) is 19.1 Å². The Morgan fingerprint density at radius 1 is 1.58 bits per heavy atom. The number of aliphatic imine (C=N–C) groups is 1. The first kappa shape index (κ1) is 15.3. The molecular formula is C13H20N4O2. The molecule has 1 aromatic rings. The van der Waals surface area contributed by atoms with Gasteiger partial charge in [-0.1, -0.05) is 0 Å². The van der Waals surface area contributed by atoms with Crippen molar-refractivity contribution in [1.82, 2.24) is 15.6 Å². The molecule has 0 aliphatic rings. The van der Waals surface area contributed by atoms with E-state index in [4.69, 9.17) is 5.11 Å². The Kier molecular flexibility index (Phi) is 7.38. The third kappa shape index (κ3) is 6.64. The number of hydrogen-bond acceptors (Lipinski definition) is 5. The van der Waals surface area contributed by atoms with E-state index in [1.54, 1.807) is 12.4 Å². The van der Waals surface area contributed by atoms with Crippen molar-refractivity contribution in [2.24, 2.45) is 4.99 Å². The van der Waals surface area contributed by atoms with Gasteiger partial charge in [0, 0.05) is 25.5 Å². The number of likely N-dealkylation sites (N-methyl/N-ethyl adjacent to an activating group) is 1. The first-order chi connectivity index (χ1) is 9.26. The van der Waals surface area contributed by atoms with Crippen LogP contribution < -0.4 is 10.6 Å². The fraction of sp³-hybridized carbons (Fsp3) is 0.462. The summed E-state index contributed by atoms with van der Waals surface area (Å²) in [6.45, 7) is 3.76. The number of hydrogen-bond donors (Lipinski definition) is 3. The Morgan fingerprint density at radius 2 is 2.42 bits per heavy atom. The molecular weight excluding hydrogens is 244 g/mol. The van der Waals surface area contributed by atoms with Crippen LogP contribution in [-0.2, 0) is 11.3 Å². The Hall–Kier alpha value is -1.79. The van der Waals surface area contributed by atoms with E-state index in [2.05, 4.69) is 20.6 Å². The summed E-state index contributed by atoms with van der Waals surface area (Å²) in [5.74, 6) is -0.0248. The minimum absolute atomic E-state index is 0.0248. The number of amides is 1. The van der Waals surface area contributed by atoms with Crippen molar-refractivity contribution < 1.29 is 9.90 Å². The molecule has 0 fully saturated rings. The molecule has 104 valence electrons. The van der Waals surface area contributed by atoms with E-state index in [0.29, 0.717) is 19.6 Å². The third-order valence-electron chi connectivity index (χ3n) is 2.28. The summed E-state index contributed by atoms with van der Waals surface area (Å²) < 4.78 is 0. The minimum atomic E-state index is -0.0248. The van der Waals surface area contributed by atoms with Gasteiger partial charge in [0.25, 0.3) is 0 Å². The lowest BCUT2D eigenvalue weighted by Crippen LogP contribution is -2.33. The number of aliphatic hydroxyl groups excluding tert-OH is 1. The van der Waals surface area contributed by atoms with Gasteiger partial charge in [-0.3, -0.25) is 14.8 Å². The standard InChI is InChI=1S/C13H20N4O2/c1-2-16-13(19)10-15-9-12-7-11(3-4-17-12)8-14-5-6-18/h3-4,7-8,15,18H,2,5-6,9-10H2,1H3,(H,16,19). The molecule has 0 unspecified atom stereocenters. The molecule has 19 heavy (non-hydrogen) atoms. The van der Waals surface area contributed by atoms with Gasteiger partial charge in [0.15, 0.2) is 0 Å². The predicted molar refractivity (Wildman–Crippen MR) is 74.2 cm³/mol. The molecule has 6 nitrogen and oxygen atoms in total. The number of nitrogens with zero attached hydrogens (tertiary/aromatic N) is 2. The quantitative estimate of drug-likeness (QED) is 0.564. The van der Waals surface area contributed by atoms with Gasteiger partial charge in [0.05, 0.1) is 25.4 Å². The topological polar surface area (TPSA) is 86.6 Å². The van der Waals surface area contributed by atoms with E-state index in [1.807, 2.05) is 19.1 Å². The number of rotatable bonds is 8. The van der Waals surface area contributed by atoms with Crippen LogP contribution in [0.5, 0.6) is 0 Å². The summed E-state index contributed by atoms with van der Waals surface area (Å²) >= 11 is 0. The van der Waals surface area contributed by atoms with Crippen LogP contribution in [0.25, 0.3) is 0 Å². The van der Waals surface area contributed by atoms with E-state index in [0.717, 1.165) is 11.3 Å². The van der Waals surface area contributed by atoms with Gasteiger partial charge in [-0.15, -0.1) is 0 Å². The molecule has 0 aromatic carbocycles. The number of carbonyl (C=O) groups excluding carboxylic acids is 1. The Labute approximate surface area is 113 Å². The Balaban J connectivity index is 2.41. The molecule has 6 heteroatoms. The van der Waals surface area contributed by atoms with Crippen molar-refractivity contribution in [2.75, 3.05) is 26.2 Å². The van der Waals surface area contributed by atoms with Crippen molar-refractivity contribution in [3.05, 3.63) is 29.6 Å². The molecule has 3 N–H and O–H groups in total. The average molecular weight is 264 g/mol. The molecule has 0 atom stereocenters. The second kappa shape index (κ2) is 9.18. The SMILES string of the molecule is CCNC(=O)CNCc1cc(C=NCCO)ccn1. The zero-order valence-electron chi connectivity index (χ0n) is 11.1. The van der Waals surface area contributed by atoms with Gasteiger partial charge in [0.2, 0.25) is 5.91 Å². The fourth-order valence-electron chi connectivity index (χ4n) is 1.47. The largest absolute Gasteiger partial charge is 0.394 e. The van der Waals surface area contributed by atoms with Gasteiger partial charge < -0.3 is 15.7 Å². The lowest BCUT2D eigenvalue weighted by molar-refractivity contribution is -0.120. The van der Waals surface area contributed by atoms with Gasteiger partial charge in [-0.2, -0.15) is 0 Å². The van der Waals surface area contributed by atoms with Crippen LogP contribution in [-0.4, -0.2) is 48.5 Å². The lowest BCUT2D eigenvalue weighted by atomic mass is 10.2. The Morgan fingerprint density at radius 3 is 3.16 bits per heavy atom. The smallest absolute Gasteiger partial charge is 0.233 e. The highest BCUT2D eigenvalue weighted by atomic mass is 16.3. The molecule has 0 saturated carbocycles. The molecule has 1 rings (SSSR count). The van der Waals surface area contributed by atoms with Crippen LogP contribution in [0.2, 0.25) is 0 Å². The summed E-state index contributed by atoms with van der Waals surface area (Å²) in [7, 11) is 0. The van der Waals surface area contributed by atoms with E-state index >= 15 is 0 Å². The maximum atomic E-state index is 11.2. The number of pyridine rings is 1. The molecule has 0 radical (unpaired) electrons. The van der Waals surface area contributed by atoms with Crippen molar-refractivity contribution >= 4 is 12.1 Å². The zero-order chi connectivity index (χ0) is 13.9. The number of carbonyl (C=O) groups is 1. The fourth-order valence-corrected chi connectivity index (χ4v) is 1.47. The van der Waals surface area contributed by atoms with E-state index in [9.17, 15) is 4.79 Å². The predicted octanol–water partition coefficient (Wildman–Crippen LogP) is -0.281. The normalized spacial score (nSPS) is 10.8. The van der Waals surface area contributed by atoms with E-state index < -0.39 is 0 Å². The summed E-state index contributed by atoms with van der Waals surface area (Å²) in [5.41, 5.74) is 1.77. The number of aliphatic hydroxyl groups is 1. The monoisotopic (exact) mass is 264 g/mol. The van der Waals surface area contributed by atoms with Crippen LogP contribution >= 0.6 is 0 Å². The Bertz CT molecular complexity index is 421. The van der Waals surface area contributed by atoms with Gasteiger partial charge in [-0.25, -0.2) is 0 Å². The van der Waals surface area contributed by atoms with Gasteiger partial charge in [-0.05, 0) is 24.6 Å². The van der Waals surface area contributed by atoms with Crippen LogP contribution in [0.15, 0.2) is 23.3 Å². The molecule has 0 aliphatic carbocycles. The van der Waals surface area contributed by atoms with Gasteiger partial charge in [0.1, 0.15) is 0 Å². The zero-order valence-corrected chi connectivity index (χ0v) is 11.1. The summed E-state index contributed by atoms with van der Waals surface area (Å²) in [5, 5.41) is 14.4. The van der Waals surface area contributed by atoms with Crippen LogP contribution in [0.3, 0.4) is 0 Å². The first-order valence-electron chi connectivity index (χ1n) is 6.29. The number of nitrogens with one attached hydrogen (secondary N) is 2. The lowest BCUT2D eigenvalue weighted by Gasteiger charge is -2.05. The second-order valence-electron chi connectivity index (χ2n) is 3.90. The molecule has 0 bridgehead atoms. The van der Waals surface area contributed by atoms with Crippen LogP contribution in [0.1, 0.15) is 18.2 Å². The minimum Gasteiger partial charge on any atom is -0.394 e. The van der Waals surface area contributed by atoms with Crippen molar-refractivity contribution in [3.8, 4) is 0 Å². The second-order valence-corrected chi connectivity index (χ2v) is 3.90. The maximum absolute atomic E-state index is 11.2. The summed E-state index contributed by atoms with van der Waals surface area (Å²) in [4.78, 5) is 19.5. The molecule has 1 aromatic heterocycles. The first-order valence-corrected chi connectivity index (χ1v) is 6.29. The average Bonchev–Trinajstić information content (AvgIpc) is 2.40. The third-order valence-corrected chi connectivity index (χ3v) is 2.28. The summed E-state index contributed by atoms with van der Waals surface area (Å²) in [6.07, 6.45) is 3.40. The van der Waals surface area contributed by atoms with Crippen molar-refractivity contribution in [3.63, 3.8) is 0 Å². The molecule has 1 amide bonds. The van der Waals surface area contributed by atoms with Crippen molar-refractivity contribution in [1.29, 1.82) is 0 Å². The highest BCUT2D eigenvalue weighted by Gasteiger charge is 2.00. The van der Waals surface area contributed by atoms with E-state index in [1.165, 1.54) is 0 Å². The molecule has 1 heterocycles. The summed E-state index contributed by atoms with van der Waals surface area (Å²) in [6, 6.07) is 3.74. The maximum Gasteiger partial charge on any atom is 0.233 e. The highest BCUT2D eigenvalue weighted by molar-refractivity contribution is 5.79. The number of aromatic nitrogens is 1. The molecule has 0 aliphatic heterocycles. The molecule has 0 saturated heterocycles. The van der Waals surface area contributed by atoms with Crippen molar-refractivity contribution in [2.45, 2.75) is 13.5 Å². The molecule has 0 spiro atoms. The highest BCUT2D eigenvalue weighted by Crippen LogP contribution is 1.99. The van der Waals surface area contributed by atoms with Gasteiger partial charge >= 0.3 is 0 Å².